The van der Waals surface area contributed by atoms with E-state index in [9.17, 15) is 4.11 Å². The number of hydrogen-bond acceptors (Lipinski definition) is 0. The number of rotatable bonds is 2. The molecule has 0 aromatic rings. The molecule has 0 saturated carbocycles. The van der Waals surface area contributed by atoms with E-state index in [1.807, 2.05) is 13.1 Å². The molecule has 4 heteroatoms. The van der Waals surface area contributed by atoms with Gasteiger partial charge in [0.25, 0.3) is 0 Å². The third kappa shape index (κ3) is 2.26. The van der Waals surface area contributed by atoms with Crippen LogP contribution in [-0.4, -0.2) is 22.6 Å². The fourth-order valence-electron chi connectivity index (χ4n) is 0.892. The SMILES string of the molecule is C[Si](C)(C)[Si](C)(C)[Si](C)(C)F. The largest absolute Gasteiger partial charge is 0.319 e. The normalized spacial score (nSPS) is 15.3. The van der Waals surface area contributed by atoms with Gasteiger partial charge in [-0.25, -0.2) is 0 Å². The lowest BCUT2D eigenvalue weighted by molar-refractivity contribution is 0.829. The number of halogens is 1. The second kappa shape index (κ2) is 2.81. The van der Waals surface area contributed by atoms with Gasteiger partial charge in [-0.15, -0.1) is 0 Å². The van der Waals surface area contributed by atoms with Gasteiger partial charge < -0.3 is 4.11 Å². The van der Waals surface area contributed by atoms with Gasteiger partial charge in [0.2, 0.25) is 7.93 Å². The Kier molecular flexibility index (Phi) is 2.96. The zero-order valence-corrected chi connectivity index (χ0v) is 11.9. The molecule has 0 aromatic carbocycles. The van der Waals surface area contributed by atoms with E-state index in [2.05, 4.69) is 32.7 Å². The molecular weight excluding hydrogens is 187 g/mol. The molecule has 0 aliphatic rings. The molecule has 0 spiro atoms. The van der Waals surface area contributed by atoms with E-state index in [-0.39, 0.29) is 0 Å². The van der Waals surface area contributed by atoms with Gasteiger partial charge in [0.05, 0.1) is 7.11 Å². The summed E-state index contributed by atoms with van der Waals surface area (Å²) < 4.78 is 13.9. The molecule has 0 rings (SSSR count). The Bertz CT molecular complexity index is 125. The summed E-state index contributed by atoms with van der Waals surface area (Å²) in [6.45, 7) is 15.2. The molecule has 0 atom stereocenters. The third-order valence-electron chi connectivity index (χ3n) is 3.36. The predicted molar refractivity (Wildman–Crippen MR) is 59.4 cm³/mol. The van der Waals surface area contributed by atoms with Crippen LogP contribution in [0.5, 0.6) is 0 Å². The van der Waals surface area contributed by atoms with Crippen molar-refractivity contribution in [2.24, 2.45) is 0 Å². The van der Waals surface area contributed by atoms with Gasteiger partial charge in [0.15, 0.2) is 0 Å². The first-order valence-electron chi connectivity index (χ1n) is 4.19. The summed E-state index contributed by atoms with van der Waals surface area (Å²) >= 11 is 0. The van der Waals surface area contributed by atoms with Crippen molar-refractivity contribution in [3.63, 3.8) is 0 Å². The smallest absolute Gasteiger partial charge is 0.224 e. The molecule has 0 aliphatic heterocycles. The average molecular weight is 209 g/mol. The minimum absolute atomic E-state index is 1.19. The van der Waals surface area contributed by atoms with Gasteiger partial charge in [-0.05, 0) is 13.1 Å². The summed E-state index contributed by atoms with van der Waals surface area (Å²) in [6, 6.07) is 0. The quantitative estimate of drug-likeness (QED) is 0.482. The van der Waals surface area contributed by atoms with Crippen LogP contribution in [0.15, 0.2) is 0 Å². The summed E-state index contributed by atoms with van der Waals surface area (Å²) in [5.74, 6) is 0. The molecule has 0 saturated heterocycles. The van der Waals surface area contributed by atoms with E-state index in [1.54, 1.807) is 0 Å². The van der Waals surface area contributed by atoms with Crippen LogP contribution >= 0.6 is 0 Å². The lowest BCUT2D eigenvalue weighted by Crippen LogP contribution is -2.67. The van der Waals surface area contributed by atoms with Crippen LogP contribution in [0.1, 0.15) is 0 Å². The summed E-state index contributed by atoms with van der Waals surface area (Å²) in [5, 5.41) is 0. The Morgan fingerprint density at radius 3 is 1.00 bits per heavy atom. The fourth-order valence-corrected chi connectivity index (χ4v) is 24.1. The molecule has 0 heterocycles. The molecule has 0 aliphatic carbocycles. The summed E-state index contributed by atoms with van der Waals surface area (Å²) in [7, 11) is -5.01. The topological polar surface area (TPSA) is 0 Å². The van der Waals surface area contributed by atoms with Gasteiger partial charge in [-0.3, -0.25) is 0 Å². The van der Waals surface area contributed by atoms with Crippen LogP contribution in [-0.2, 0) is 0 Å². The zero-order chi connectivity index (χ0) is 9.50. The average Bonchev–Trinajstić information content (AvgIpc) is 1.58. The van der Waals surface area contributed by atoms with Crippen molar-refractivity contribution in [2.45, 2.75) is 45.8 Å². The maximum absolute atomic E-state index is 13.9. The van der Waals surface area contributed by atoms with Gasteiger partial charge in [-0.2, -0.15) is 0 Å². The van der Waals surface area contributed by atoms with Crippen LogP contribution in [0.3, 0.4) is 0 Å². The highest BCUT2D eigenvalue weighted by atomic mass is 29.7. The molecule has 0 N–H and O–H groups in total. The first-order chi connectivity index (χ1) is 4.50. The van der Waals surface area contributed by atoms with Gasteiger partial charge >= 0.3 is 0 Å². The highest BCUT2D eigenvalue weighted by Crippen LogP contribution is 2.29. The van der Waals surface area contributed by atoms with Crippen LogP contribution < -0.4 is 0 Å². The van der Waals surface area contributed by atoms with Crippen molar-refractivity contribution in [1.82, 2.24) is 0 Å². The van der Waals surface area contributed by atoms with Crippen molar-refractivity contribution in [1.29, 1.82) is 0 Å². The van der Waals surface area contributed by atoms with Crippen molar-refractivity contribution < 1.29 is 4.11 Å². The van der Waals surface area contributed by atoms with Crippen molar-refractivity contribution in [2.75, 3.05) is 0 Å². The third-order valence-corrected chi connectivity index (χ3v) is 42.4. The van der Waals surface area contributed by atoms with Gasteiger partial charge in [0, 0.05) is 7.59 Å². The molecule has 0 amide bonds. The second-order valence-electron chi connectivity index (χ2n) is 5.35. The molecule has 68 valence electrons. The lowest BCUT2D eigenvalue weighted by atomic mass is 11.8. The molecular formula is C7H21FSi3. The number of hydrogen-bond donors (Lipinski definition) is 0. The Morgan fingerprint density at radius 1 is 0.727 bits per heavy atom. The summed E-state index contributed by atoms with van der Waals surface area (Å²) in [6.07, 6.45) is 0. The molecule has 0 nitrogen and oxygen atoms in total. The Labute approximate surface area is 73.0 Å². The van der Waals surface area contributed by atoms with Crippen LogP contribution in [0, 0.1) is 0 Å². The van der Waals surface area contributed by atoms with Crippen molar-refractivity contribution >= 4 is 22.6 Å². The predicted octanol–water partition coefficient (Wildman–Crippen LogP) is 3.36. The van der Waals surface area contributed by atoms with Gasteiger partial charge in [0.1, 0.15) is 0 Å². The standard InChI is InChI=1S/C7H21FSi3/c1-9(2,3)11(6,7)10(4,5)8/h1-7H3. The van der Waals surface area contributed by atoms with E-state index in [0.717, 1.165) is 0 Å². The minimum Gasteiger partial charge on any atom is -0.319 e. The second-order valence-corrected chi connectivity index (χ2v) is 33.1. The Morgan fingerprint density at radius 2 is 1.00 bits per heavy atom. The first kappa shape index (κ1) is 11.6. The Balaban J connectivity index is 4.75. The summed E-state index contributed by atoms with van der Waals surface area (Å²) in [4.78, 5) is 0. The minimum atomic E-state index is -2.32. The van der Waals surface area contributed by atoms with Gasteiger partial charge in [-0.1, -0.05) is 32.7 Å². The monoisotopic (exact) mass is 208 g/mol. The molecule has 11 heavy (non-hydrogen) atoms. The van der Waals surface area contributed by atoms with E-state index in [1.165, 1.54) is 0 Å². The molecule has 0 unspecified atom stereocenters. The van der Waals surface area contributed by atoms with Crippen LogP contribution in [0.2, 0.25) is 45.8 Å². The highest BCUT2D eigenvalue weighted by molar-refractivity contribution is 7.67. The lowest BCUT2D eigenvalue weighted by Gasteiger charge is -2.41. The highest BCUT2D eigenvalue weighted by Gasteiger charge is 2.51. The van der Waals surface area contributed by atoms with Crippen LogP contribution in [0.25, 0.3) is 0 Å². The van der Waals surface area contributed by atoms with Crippen molar-refractivity contribution in [3.8, 4) is 0 Å². The van der Waals surface area contributed by atoms with E-state index >= 15 is 0 Å². The van der Waals surface area contributed by atoms with E-state index in [4.69, 9.17) is 0 Å². The fraction of sp³-hybridized carbons (Fsp3) is 1.00. The Hall–Kier alpha value is 0.581. The summed E-state index contributed by atoms with van der Waals surface area (Å²) in [5.41, 5.74) is 0. The maximum Gasteiger partial charge on any atom is 0.224 e. The first-order valence-corrected chi connectivity index (χ1v) is 15.6. The van der Waals surface area contributed by atoms with E-state index in [0.29, 0.717) is 0 Å². The molecule has 0 radical (unpaired) electrons. The van der Waals surface area contributed by atoms with E-state index < -0.39 is 22.6 Å². The molecule has 0 fully saturated rings. The zero-order valence-electron chi connectivity index (χ0n) is 8.88. The van der Waals surface area contributed by atoms with Crippen LogP contribution in [0.4, 0.5) is 4.11 Å². The molecule has 0 aromatic heterocycles. The van der Waals surface area contributed by atoms with Crippen molar-refractivity contribution in [3.05, 3.63) is 0 Å². The molecule has 0 bridgehead atoms. The maximum atomic E-state index is 13.9.